The molecule has 1 heterocycles. The number of ether oxygens (including phenoxy) is 3. The second kappa shape index (κ2) is 10.6. The van der Waals surface area contributed by atoms with Crippen molar-refractivity contribution < 1.29 is 14.2 Å². The van der Waals surface area contributed by atoms with E-state index in [2.05, 4.69) is 62.0 Å². The smallest absolute Gasteiger partial charge is 0.157 e. The SMILES string of the molecule is C=C(C)c1ccccc1C1(COC2CCCCO2)CCCC(OCc2ccccc2)C1. The molecule has 1 aliphatic heterocycles. The predicted octanol–water partition coefficient (Wildman–Crippen LogP) is 6.66. The molecule has 3 heteroatoms. The van der Waals surface area contributed by atoms with Crippen LogP contribution in [0.25, 0.3) is 5.57 Å². The van der Waals surface area contributed by atoms with E-state index in [9.17, 15) is 0 Å². The zero-order valence-corrected chi connectivity index (χ0v) is 18.9. The van der Waals surface area contributed by atoms with Gasteiger partial charge in [-0.3, -0.25) is 0 Å². The van der Waals surface area contributed by atoms with Gasteiger partial charge in [0.2, 0.25) is 0 Å². The molecule has 31 heavy (non-hydrogen) atoms. The van der Waals surface area contributed by atoms with Crippen LogP contribution < -0.4 is 0 Å². The molecule has 1 aliphatic carbocycles. The van der Waals surface area contributed by atoms with Gasteiger partial charge >= 0.3 is 0 Å². The average Bonchev–Trinajstić information content (AvgIpc) is 2.83. The number of hydrogen-bond acceptors (Lipinski definition) is 3. The number of hydrogen-bond donors (Lipinski definition) is 0. The summed E-state index contributed by atoms with van der Waals surface area (Å²) < 4.78 is 18.7. The molecular weight excluding hydrogens is 384 g/mol. The summed E-state index contributed by atoms with van der Waals surface area (Å²) in [5.41, 5.74) is 4.87. The molecule has 4 rings (SSSR count). The Labute approximate surface area is 187 Å². The van der Waals surface area contributed by atoms with Crippen LogP contribution in [0.3, 0.4) is 0 Å². The van der Waals surface area contributed by atoms with Gasteiger partial charge in [0.25, 0.3) is 0 Å². The Balaban J connectivity index is 1.55. The van der Waals surface area contributed by atoms with Gasteiger partial charge in [-0.25, -0.2) is 0 Å². The summed E-state index contributed by atoms with van der Waals surface area (Å²) in [5.74, 6) is 0. The highest BCUT2D eigenvalue weighted by molar-refractivity contribution is 5.66. The lowest BCUT2D eigenvalue weighted by molar-refractivity contribution is -0.177. The number of allylic oxidation sites excluding steroid dienone is 1. The maximum absolute atomic E-state index is 6.43. The van der Waals surface area contributed by atoms with Crippen LogP contribution >= 0.6 is 0 Å². The van der Waals surface area contributed by atoms with E-state index in [4.69, 9.17) is 14.2 Å². The lowest BCUT2D eigenvalue weighted by atomic mass is 9.67. The van der Waals surface area contributed by atoms with Gasteiger partial charge in [-0.1, -0.05) is 66.7 Å². The molecular formula is C28H36O3. The second-order valence-corrected chi connectivity index (χ2v) is 9.23. The van der Waals surface area contributed by atoms with E-state index in [1.807, 2.05) is 6.07 Å². The predicted molar refractivity (Wildman–Crippen MR) is 126 cm³/mol. The summed E-state index contributed by atoms with van der Waals surface area (Å²) in [5, 5.41) is 0. The maximum Gasteiger partial charge on any atom is 0.157 e. The molecule has 3 atom stereocenters. The lowest BCUT2D eigenvalue weighted by Crippen LogP contribution is -2.42. The fourth-order valence-corrected chi connectivity index (χ4v) is 5.10. The van der Waals surface area contributed by atoms with Gasteiger partial charge in [-0.05, 0) is 68.6 Å². The molecule has 0 aromatic heterocycles. The zero-order chi connectivity index (χ0) is 21.5. The average molecular weight is 421 g/mol. The van der Waals surface area contributed by atoms with Gasteiger partial charge in [0, 0.05) is 12.0 Å². The van der Waals surface area contributed by atoms with Crippen molar-refractivity contribution in [2.75, 3.05) is 13.2 Å². The fraction of sp³-hybridized carbons (Fsp3) is 0.500. The van der Waals surface area contributed by atoms with Crippen molar-refractivity contribution in [2.45, 2.75) is 76.3 Å². The second-order valence-electron chi connectivity index (χ2n) is 9.23. The summed E-state index contributed by atoms with van der Waals surface area (Å²) >= 11 is 0. The minimum Gasteiger partial charge on any atom is -0.374 e. The Bertz CT molecular complexity index is 840. The Hall–Kier alpha value is -1.94. The van der Waals surface area contributed by atoms with Gasteiger partial charge < -0.3 is 14.2 Å². The Morgan fingerprint density at radius 2 is 1.81 bits per heavy atom. The number of rotatable bonds is 8. The molecule has 2 aromatic rings. The van der Waals surface area contributed by atoms with E-state index in [1.54, 1.807) is 0 Å². The normalized spacial score (nSPS) is 26.5. The molecule has 3 nitrogen and oxygen atoms in total. The minimum absolute atomic E-state index is 0.0735. The van der Waals surface area contributed by atoms with Gasteiger partial charge in [-0.2, -0.15) is 0 Å². The van der Waals surface area contributed by atoms with Crippen LogP contribution in [0, 0.1) is 0 Å². The van der Waals surface area contributed by atoms with E-state index in [0.717, 1.165) is 50.7 Å². The summed E-state index contributed by atoms with van der Waals surface area (Å²) in [6.45, 7) is 8.51. The summed E-state index contributed by atoms with van der Waals surface area (Å²) in [6.07, 6.45) is 7.78. The highest BCUT2D eigenvalue weighted by atomic mass is 16.7. The standard InChI is InChI=1S/C28H36O3/c1-22(2)25-14-6-7-15-26(25)28(21-31-27-16-8-9-18-29-27)17-10-13-24(19-28)30-20-23-11-4-3-5-12-23/h3-7,11-12,14-15,24,27H,1,8-10,13,16-21H2,2H3. The Morgan fingerprint density at radius 3 is 2.58 bits per heavy atom. The summed E-state index contributed by atoms with van der Waals surface area (Å²) in [7, 11) is 0. The van der Waals surface area contributed by atoms with Crippen molar-refractivity contribution in [2.24, 2.45) is 0 Å². The molecule has 2 fully saturated rings. The van der Waals surface area contributed by atoms with Crippen LogP contribution in [0.2, 0.25) is 0 Å². The van der Waals surface area contributed by atoms with E-state index in [1.165, 1.54) is 23.1 Å². The topological polar surface area (TPSA) is 27.7 Å². The van der Waals surface area contributed by atoms with E-state index < -0.39 is 0 Å². The highest BCUT2D eigenvalue weighted by Gasteiger charge is 2.41. The van der Waals surface area contributed by atoms with Gasteiger partial charge in [-0.15, -0.1) is 0 Å². The molecule has 0 spiro atoms. The third kappa shape index (κ3) is 5.65. The quantitative estimate of drug-likeness (QED) is 0.478. The fourth-order valence-electron chi connectivity index (χ4n) is 5.10. The summed E-state index contributed by atoms with van der Waals surface area (Å²) in [4.78, 5) is 0. The van der Waals surface area contributed by atoms with Gasteiger partial charge in [0.15, 0.2) is 6.29 Å². The van der Waals surface area contributed by atoms with Crippen molar-refractivity contribution in [3.8, 4) is 0 Å². The van der Waals surface area contributed by atoms with Crippen LogP contribution in [0.4, 0.5) is 0 Å². The molecule has 1 saturated carbocycles. The molecule has 0 bridgehead atoms. The molecule has 0 amide bonds. The Kier molecular flexibility index (Phi) is 7.60. The molecule has 166 valence electrons. The largest absolute Gasteiger partial charge is 0.374 e. The van der Waals surface area contributed by atoms with Crippen molar-refractivity contribution in [3.05, 3.63) is 77.9 Å². The first-order valence-electron chi connectivity index (χ1n) is 11.8. The van der Waals surface area contributed by atoms with Gasteiger partial charge in [0.1, 0.15) is 0 Å². The molecule has 1 saturated heterocycles. The van der Waals surface area contributed by atoms with Crippen LogP contribution in [-0.4, -0.2) is 25.6 Å². The van der Waals surface area contributed by atoms with E-state index >= 15 is 0 Å². The van der Waals surface area contributed by atoms with Crippen molar-refractivity contribution in [1.82, 2.24) is 0 Å². The first kappa shape index (κ1) is 22.3. The van der Waals surface area contributed by atoms with Crippen molar-refractivity contribution >= 4 is 5.57 Å². The minimum atomic E-state index is -0.0757. The van der Waals surface area contributed by atoms with Crippen LogP contribution in [0.1, 0.15) is 68.6 Å². The lowest BCUT2D eigenvalue weighted by Gasteiger charge is -2.43. The first-order chi connectivity index (χ1) is 15.2. The number of benzene rings is 2. The van der Waals surface area contributed by atoms with Crippen LogP contribution in [0.15, 0.2) is 61.2 Å². The van der Waals surface area contributed by atoms with E-state index in [-0.39, 0.29) is 17.8 Å². The van der Waals surface area contributed by atoms with Crippen molar-refractivity contribution in [1.29, 1.82) is 0 Å². The Morgan fingerprint density at radius 1 is 1.00 bits per heavy atom. The first-order valence-corrected chi connectivity index (χ1v) is 11.8. The molecule has 3 unspecified atom stereocenters. The zero-order valence-electron chi connectivity index (χ0n) is 18.9. The maximum atomic E-state index is 6.43. The summed E-state index contributed by atoms with van der Waals surface area (Å²) in [6, 6.07) is 19.2. The van der Waals surface area contributed by atoms with Crippen molar-refractivity contribution in [3.63, 3.8) is 0 Å². The van der Waals surface area contributed by atoms with Gasteiger partial charge in [0.05, 0.1) is 19.3 Å². The third-order valence-corrected chi connectivity index (χ3v) is 6.77. The molecule has 2 aliphatic rings. The molecule has 0 N–H and O–H groups in total. The van der Waals surface area contributed by atoms with Crippen LogP contribution in [0.5, 0.6) is 0 Å². The highest BCUT2D eigenvalue weighted by Crippen LogP contribution is 2.44. The van der Waals surface area contributed by atoms with Crippen LogP contribution in [-0.2, 0) is 26.2 Å². The molecule has 0 radical (unpaired) electrons. The van der Waals surface area contributed by atoms with E-state index in [0.29, 0.717) is 13.2 Å². The molecule has 2 aromatic carbocycles. The monoisotopic (exact) mass is 420 g/mol. The third-order valence-electron chi connectivity index (χ3n) is 6.77.